The van der Waals surface area contributed by atoms with Crippen LogP contribution in [0, 0.1) is 0 Å². The third kappa shape index (κ3) is 4.69. The summed E-state index contributed by atoms with van der Waals surface area (Å²) in [5.41, 5.74) is 2.28. The van der Waals surface area contributed by atoms with Crippen LogP contribution < -0.4 is 15.0 Å². The molecule has 4 rings (SSSR count). The standard InChI is InChI=1S/C23H23N5O5/c1-3-6-17(23(30)31)33-15-8-5-7-13(11-15)14-9-10-16(18(12-14)32-4-2)20-24-21-19(22(29)25-20)26-28-27-21/h5,7-12,17H,3-4,6H2,1-2H3,(H,30,31)(H2,24,25,26,27,28,29)/t17-/m0/s1. The quantitative estimate of drug-likeness (QED) is 0.353. The van der Waals surface area contributed by atoms with Gasteiger partial charge in [-0.1, -0.05) is 36.8 Å². The van der Waals surface area contributed by atoms with Crippen molar-refractivity contribution >= 4 is 17.1 Å². The molecule has 10 heteroatoms. The molecule has 0 aliphatic heterocycles. The van der Waals surface area contributed by atoms with Crippen molar-refractivity contribution in [1.82, 2.24) is 25.4 Å². The minimum absolute atomic E-state index is 0.132. The Balaban J connectivity index is 1.70. The first-order valence-electron chi connectivity index (χ1n) is 10.6. The van der Waals surface area contributed by atoms with Crippen LogP contribution in [0.4, 0.5) is 0 Å². The highest BCUT2D eigenvalue weighted by Crippen LogP contribution is 2.34. The Morgan fingerprint density at radius 1 is 1.15 bits per heavy atom. The molecule has 0 fully saturated rings. The molecule has 0 unspecified atom stereocenters. The fourth-order valence-electron chi connectivity index (χ4n) is 3.47. The summed E-state index contributed by atoms with van der Waals surface area (Å²) in [4.78, 5) is 30.9. The molecule has 4 aromatic rings. The summed E-state index contributed by atoms with van der Waals surface area (Å²) in [6, 6.07) is 12.7. The number of carbonyl (C=O) groups is 1. The van der Waals surface area contributed by atoms with Crippen LogP contribution in [0.5, 0.6) is 11.5 Å². The van der Waals surface area contributed by atoms with Crippen LogP contribution in [-0.4, -0.2) is 49.2 Å². The first-order valence-corrected chi connectivity index (χ1v) is 10.6. The summed E-state index contributed by atoms with van der Waals surface area (Å²) in [5, 5.41) is 19.3. The number of carboxylic acids is 1. The Kier molecular flexibility index (Phi) is 6.34. The molecular formula is C23H23N5O5. The highest BCUT2D eigenvalue weighted by Gasteiger charge is 2.19. The Morgan fingerprint density at radius 2 is 1.97 bits per heavy atom. The number of ether oxygens (including phenoxy) is 2. The second kappa shape index (κ2) is 9.51. The average Bonchev–Trinajstić information content (AvgIpc) is 3.28. The van der Waals surface area contributed by atoms with Gasteiger partial charge in [-0.15, -0.1) is 5.10 Å². The summed E-state index contributed by atoms with van der Waals surface area (Å²) < 4.78 is 11.5. The minimum atomic E-state index is -0.990. The Morgan fingerprint density at radius 3 is 2.73 bits per heavy atom. The van der Waals surface area contributed by atoms with Crippen LogP contribution in [0.3, 0.4) is 0 Å². The summed E-state index contributed by atoms with van der Waals surface area (Å²) in [6.45, 7) is 4.19. The van der Waals surface area contributed by atoms with E-state index in [4.69, 9.17) is 9.47 Å². The molecule has 0 bridgehead atoms. The zero-order valence-electron chi connectivity index (χ0n) is 18.2. The molecule has 0 spiro atoms. The maximum absolute atomic E-state index is 12.3. The summed E-state index contributed by atoms with van der Waals surface area (Å²) in [7, 11) is 0. The smallest absolute Gasteiger partial charge is 0.344 e. The molecule has 3 N–H and O–H groups in total. The lowest BCUT2D eigenvalue weighted by Gasteiger charge is -2.16. The number of carboxylic acid groups (broad SMARTS) is 1. The number of aromatic amines is 2. The van der Waals surface area contributed by atoms with E-state index in [0.29, 0.717) is 42.3 Å². The van der Waals surface area contributed by atoms with Crippen molar-refractivity contribution in [1.29, 1.82) is 0 Å². The van der Waals surface area contributed by atoms with Crippen LogP contribution in [0.25, 0.3) is 33.7 Å². The van der Waals surface area contributed by atoms with E-state index < -0.39 is 17.6 Å². The largest absolute Gasteiger partial charge is 0.493 e. The predicted octanol–water partition coefficient (Wildman–Crippen LogP) is 3.41. The first-order chi connectivity index (χ1) is 16.0. The summed E-state index contributed by atoms with van der Waals surface area (Å²) in [5.74, 6) is 0.343. The van der Waals surface area contributed by atoms with Gasteiger partial charge in [0.1, 0.15) is 17.3 Å². The molecule has 0 radical (unpaired) electrons. The minimum Gasteiger partial charge on any atom is -0.493 e. The SMILES string of the molecule is CCC[C@H](Oc1cccc(-c2ccc(-c3nc4[nH]nnc4c(=O)[nH]3)c(OCC)c2)c1)C(=O)O. The molecule has 0 aliphatic carbocycles. The number of aromatic nitrogens is 5. The van der Waals surface area contributed by atoms with Crippen LogP contribution in [0.2, 0.25) is 0 Å². The van der Waals surface area contributed by atoms with E-state index in [0.717, 1.165) is 11.1 Å². The second-order valence-electron chi connectivity index (χ2n) is 7.33. The lowest BCUT2D eigenvalue weighted by Crippen LogP contribution is -2.26. The first kappa shape index (κ1) is 22.0. The molecule has 2 aromatic heterocycles. The number of fused-ring (bicyclic) bond motifs is 1. The van der Waals surface area contributed by atoms with Crippen LogP contribution >= 0.6 is 0 Å². The Hall–Kier alpha value is -4.21. The number of hydrogen-bond donors (Lipinski definition) is 3. The van der Waals surface area contributed by atoms with Crippen molar-refractivity contribution in [3.63, 3.8) is 0 Å². The molecule has 0 saturated heterocycles. The van der Waals surface area contributed by atoms with Gasteiger partial charge in [-0.05, 0) is 48.7 Å². The highest BCUT2D eigenvalue weighted by atomic mass is 16.5. The lowest BCUT2D eigenvalue weighted by atomic mass is 10.0. The number of rotatable bonds is 9. The van der Waals surface area contributed by atoms with Crippen molar-refractivity contribution in [2.45, 2.75) is 32.8 Å². The Bertz CT molecular complexity index is 1350. The fraction of sp³-hybridized carbons (Fsp3) is 0.261. The highest BCUT2D eigenvalue weighted by molar-refractivity contribution is 5.77. The van der Waals surface area contributed by atoms with E-state index in [1.165, 1.54) is 0 Å². The molecular weight excluding hydrogens is 426 g/mol. The van der Waals surface area contributed by atoms with Crippen LogP contribution in [0.15, 0.2) is 47.3 Å². The fourth-order valence-corrected chi connectivity index (χ4v) is 3.47. The van der Waals surface area contributed by atoms with E-state index in [9.17, 15) is 14.7 Å². The number of nitrogens with one attached hydrogen (secondary N) is 2. The normalized spacial score (nSPS) is 11.9. The Labute approximate surface area is 188 Å². The van der Waals surface area contributed by atoms with Gasteiger partial charge in [0, 0.05) is 0 Å². The maximum atomic E-state index is 12.3. The number of H-pyrrole nitrogens is 2. The van der Waals surface area contributed by atoms with Gasteiger partial charge < -0.3 is 19.6 Å². The molecule has 0 amide bonds. The zero-order valence-corrected chi connectivity index (χ0v) is 18.2. The maximum Gasteiger partial charge on any atom is 0.344 e. The van der Waals surface area contributed by atoms with Gasteiger partial charge in [0.25, 0.3) is 5.56 Å². The third-order valence-corrected chi connectivity index (χ3v) is 5.01. The van der Waals surface area contributed by atoms with Gasteiger partial charge >= 0.3 is 5.97 Å². The van der Waals surface area contributed by atoms with Gasteiger partial charge in [0.05, 0.1) is 12.2 Å². The van der Waals surface area contributed by atoms with Crippen LogP contribution in [0.1, 0.15) is 26.7 Å². The van der Waals surface area contributed by atoms with Crippen molar-refractivity contribution < 1.29 is 19.4 Å². The number of benzene rings is 2. The van der Waals surface area contributed by atoms with Crippen molar-refractivity contribution in [2.24, 2.45) is 0 Å². The third-order valence-electron chi connectivity index (χ3n) is 5.01. The molecule has 170 valence electrons. The average molecular weight is 449 g/mol. The van der Waals surface area contributed by atoms with E-state index in [1.807, 2.05) is 38.1 Å². The van der Waals surface area contributed by atoms with E-state index in [2.05, 4.69) is 25.4 Å². The van der Waals surface area contributed by atoms with Gasteiger partial charge in [-0.2, -0.15) is 0 Å². The molecule has 0 aliphatic rings. The molecule has 33 heavy (non-hydrogen) atoms. The summed E-state index contributed by atoms with van der Waals surface area (Å²) in [6.07, 6.45) is 0.220. The number of hydrogen-bond acceptors (Lipinski definition) is 7. The molecule has 1 atom stereocenters. The summed E-state index contributed by atoms with van der Waals surface area (Å²) >= 11 is 0. The molecule has 2 aromatic carbocycles. The van der Waals surface area contributed by atoms with Gasteiger partial charge in [0.2, 0.25) is 0 Å². The van der Waals surface area contributed by atoms with Crippen molar-refractivity contribution in [3.8, 4) is 34.0 Å². The predicted molar refractivity (Wildman–Crippen MR) is 121 cm³/mol. The second-order valence-corrected chi connectivity index (χ2v) is 7.33. The number of nitrogens with zero attached hydrogens (tertiary/aromatic N) is 3. The molecule has 10 nitrogen and oxygen atoms in total. The van der Waals surface area contributed by atoms with Gasteiger partial charge in [-0.3, -0.25) is 4.79 Å². The van der Waals surface area contributed by atoms with E-state index in [1.54, 1.807) is 18.2 Å². The van der Waals surface area contributed by atoms with Crippen molar-refractivity contribution in [3.05, 3.63) is 52.8 Å². The zero-order chi connectivity index (χ0) is 23.4. The van der Waals surface area contributed by atoms with E-state index in [-0.39, 0.29) is 11.2 Å². The van der Waals surface area contributed by atoms with Gasteiger partial charge in [-0.25, -0.2) is 14.9 Å². The lowest BCUT2D eigenvalue weighted by molar-refractivity contribution is -0.145. The molecule has 2 heterocycles. The number of aliphatic carboxylic acids is 1. The monoisotopic (exact) mass is 449 g/mol. The van der Waals surface area contributed by atoms with Crippen molar-refractivity contribution in [2.75, 3.05) is 6.61 Å². The van der Waals surface area contributed by atoms with Crippen LogP contribution in [-0.2, 0) is 4.79 Å². The topological polar surface area (TPSA) is 143 Å². The van der Waals surface area contributed by atoms with Gasteiger partial charge in [0.15, 0.2) is 17.3 Å². The van der Waals surface area contributed by atoms with E-state index >= 15 is 0 Å². The molecule has 0 saturated carbocycles.